The van der Waals surface area contributed by atoms with E-state index in [2.05, 4.69) is 68.0 Å². The lowest BCUT2D eigenvalue weighted by Gasteiger charge is -2.64. The molecule has 0 amide bonds. The minimum Gasteiger partial charge on any atom is -0.462 e. The first-order valence-electron chi connectivity index (χ1n) is 14.7. The highest BCUT2D eigenvalue weighted by molar-refractivity contribution is 5.66. The van der Waals surface area contributed by atoms with Crippen molar-refractivity contribution in [2.45, 2.75) is 126 Å². The first-order chi connectivity index (χ1) is 16.2. The molecule has 8 atom stereocenters. The van der Waals surface area contributed by atoms with E-state index in [1.165, 1.54) is 50.5 Å². The third-order valence-corrected chi connectivity index (χ3v) is 12.5. The van der Waals surface area contributed by atoms with E-state index in [0.29, 0.717) is 16.7 Å². The van der Waals surface area contributed by atoms with Gasteiger partial charge in [0.05, 0.1) is 0 Å². The third kappa shape index (κ3) is 4.08. The van der Waals surface area contributed by atoms with Crippen LogP contribution in [-0.2, 0) is 9.53 Å². The molecule has 0 aromatic rings. The zero-order chi connectivity index (χ0) is 26.0. The lowest BCUT2D eigenvalue weighted by molar-refractivity contribution is -0.159. The van der Waals surface area contributed by atoms with E-state index in [4.69, 9.17) is 4.74 Å². The molecule has 0 aromatic heterocycles. The van der Waals surface area contributed by atoms with Crippen LogP contribution in [0.1, 0.15) is 120 Å². The predicted molar refractivity (Wildman–Crippen MR) is 147 cm³/mol. The quantitative estimate of drug-likeness (QED) is 0.279. The van der Waals surface area contributed by atoms with Gasteiger partial charge in [0.25, 0.3) is 0 Å². The SMILES string of the molecule is C=C(CC[C@H](C)[C@@H]1CC[C@]2(C)[C@@H]3CC=C4C(C)(C)[C@@H](OC(C)=O)CC[C@]4(C)[C@H]3CC[C@@]12C)C(C)C. The molecule has 4 rings (SSSR count). The zero-order valence-electron chi connectivity index (χ0n) is 24.4. The standard InChI is InChI=1S/C33H54O2/c1-21(2)22(3)11-12-23(4)25-15-19-33(10)27-13-14-28-30(6,7)29(35-24(5)34)17-18-31(28,8)26(27)16-20-32(25,33)9/h14,21,23,25-27,29H,3,11-13,15-20H2,1-2,4-10H3/t23-,25-,26-,27+,29-,31+,32-,33+/m0/s1. The van der Waals surface area contributed by atoms with Crippen molar-refractivity contribution in [2.24, 2.45) is 51.2 Å². The highest BCUT2D eigenvalue weighted by Gasteiger charge is 2.66. The van der Waals surface area contributed by atoms with Crippen molar-refractivity contribution >= 4 is 5.97 Å². The Morgan fingerprint density at radius 3 is 2.29 bits per heavy atom. The number of hydrogen-bond acceptors (Lipinski definition) is 2. The molecule has 0 spiro atoms. The van der Waals surface area contributed by atoms with Gasteiger partial charge < -0.3 is 4.74 Å². The number of carbonyl (C=O) groups excluding carboxylic acids is 1. The van der Waals surface area contributed by atoms with Crippen LogP contribution in [0, 0.1) is 51.2 Å². The molecule has 4 aliphatic carbocycles. The molecule has 0 N–H and O–H groups in total. The molecule has 0 aliphatic heterocycles. The average Bonchev–Trinajstić information content (AvgIpc) is 3.05. The second kappa shape index (κ2) is 9.05. The third-order valence-electron chi connectivity index (χ3n) is 12.5. The van der Waals surface area contributed by atoms with Gasteiger partial charge in [0.2, 0.25) is 0 Å². The van der Waals surface area contributed by atoms with E-state index >= 15 is 0 Å². The number of ether oxygens (including phenoxy) is 1. The molecule has 2 nitrogen and oxygen atoms in total. The first-order valence-corrected chi connectivity index (χ1v) is 14.7. The van der Waals surface area contributed by atoms with Crippen LogP contribution in [-0.4, -0.2) is 12.1 Å². The van der Waals surface area contributed by atoms with Crippen molar-refractivity contribution in [1.82, 2.24) is 0 Å². The van der Waals surface area contributed by atoms with Crippen LogP contribution in [0.3, 0.4) is 0 Å². The summed E-state index contributed by atoms with van der Waals surface area (Å²) < 4.78 is 5.85. The molecule has 0 heterocycles. The van der Waals surface area contributed by atoms with Gasteiger partial charge in [0.1, 0.15) is 6.10 Å². The Bertz CT molecular complexity index is 880. The Hall–Kier alpha value is -1.05. The molecule has 0 aromatic carbocycles. The van der Waals surface area contributed by atoms with Gasteiger partial charge in [0, 0.05) is 12.3 Å². The Morgan fingerprint density at radius 2 is 1.66 bits per heavy atom. The largest absolute Gasteiger partial charge is 0.462 e. The molecule has 0 radical (unpaired) electrons. The van der Waals surface area contributed by atoms with Gasteiger partial charge in [-0.15, -0.1) is 0 Å². The van der Waals surface area contributed by atoms with Gasteiger partial charge in [-0.3, -0.25) is 4.79 Å². The number of rotatable bonds is 6. The van der Waals surface area contributed by atoms with Gasteiger partial charge in [-0.2, -0.15) is 0 Å². The van der Waals surface area contributed by atoms with Crippen molar-refractivity contribution in [3.63, 3.8) is 0 Å². The van der Waals surface area contributed by atoms with Crippen LogP contribution in [0.25, 0.3) is 0 Å². The van der Waals surface area contributed by atoms with Crippen LogP contribution in [0.15, 0.2) is 23.8 Å². The monoisotopic (exact) mass is 482 g/mol. The Kier molecular flexibility index (Phi) is 6.98. The van der Waals surface area contributed by atoms with E-state index in [0.717, 1.165) is 36.5 Å². The molecule has 35 heavy (non-hydrogen) atoms. The normalized spacial score (nSPS) is 43.0. The van der Waals surface area contributed by atoms with Crippen molar-refractivity contribution in [2.75, 3.05) is 0 Å². The molecule has 4 aliphatic rings. The maximum absolute atomic E-state index is 11.8. The number of esters is 1. The average molecular weight is 483 g/mol. The summed E-state index contributed by atoms with van der Waals surface area (Å²) in [5, 5.41) is 0. The minimum atomic E-state index is -0.134. The lowest BCUT2D eigenvalue weighted by Crippen LogP contribution is -2.58. The molecule has 0 saturated heterocycles. The minimum absolute atomic E-state index is 0.0117. The Labute approximate surface area is 216 Å². The van der Waals surface area contributed by atoms with Crippen LogP contribution in [0.5, 0.6) is 0 Å². The zero-order valence-corrected chi connectivity index (χ0v) is 24.4. The molecule has 0 bridgehead atoms. The molecular formula is C33H54O2. The van der Waals surface area contributed by atoms with E-state index in [1.54, 1.807) is 12.5 Å². The van der Waals surface area contributed by atoms with E-state index in [-0.39, 0.29) is 22.9 Å². The fraction of sp³-hybridized carbons (Fsp3) is 0.848. The van der Waals surface area contributed by atoms with Crippen LogP contribution in [0.2, 0.25) is 0 Å². The Balaban J connectivity index is 1.59. The molecule has 198 valence electrons. The van der Waals surface area contributed by atoms with Crippen molar-refractivity contribution in [1.29, 1.82) is 0 Å². The van der Waals surface area contributed by atoms with Gasteiger partial charge >= 0.3 is 5.97 Å². The van der Waals surface area contributed by atoms with Gasteiger partial charge in [-0.1, -0.05) is 79.2 Å². The first kappa shape index (κ1) is 27.0. The molecule has 3 fully saturated rings. The lowest BCUT2D eigenvalue weighted by atomic mass is 9.40. The Morgan fingerprint density at radius 1 is 1.00 bits per heavy atom. The summed E-state index contributed by atoms with van der Waals surface area (Å²) in [6, 6.07) is 0. The smallest absolute Gasteiger partial charge is 0.302 e. The summed E-state index contributed by atoms with van der Waals surface area (Å²) in [5.41, 5.74) is 4.05. The van der Waals surface area contributed by atoms with E-state index in [9.17, 15) is 4.79 Å². The molecule has 2 heteroatoms. The second-order valence-electron chi connectivity index (χ2n) is 14.7. The predicted octanol–water partition coefficient (Wildman–Crippen LogP) is 9.15. The van der Waals surface area contributed by atoms with Crippen molar-refractivity contribution < 1.29 is 9.53 Å². The maximum Gasteiger partial charge on any atom is 0.302 e. The fourth-order valence-electron chi connectivity index (χ4n) is 10.0. The summed E-state index contributed by atoms with van der Waals surface area (Å²) in [7, 11) is 0. The van der Waals surface area contributed by atoms with Crippen molar-refractivity contribution in [3.8, 4) is 0 Å². The van der Waals surface area contributed by atoms with Crippen LogP contribution >= 0.6 is 0 Å². The van der Waals surface area contributed by atoms with E-state index in [1.807, 2.05) is 0 Å². The van der Waals surface area contributed by atoms with Gasteiger partial charge in [-0.25, -0.2) is 0 Å². The van der Waals surface area contributed by atoms with Crippen LogP contribution < -0.4 is 0 Å². The second-order valence-corrected chi connectivity index (χ2v) is 14.7. The summed E-state index contributed by atoms with van der Waals surface area (Å²) in [6.45, 7) is 25.6. The van der Waals surface area contributed by atoms with Gasteiger partial charge in [-0.05, 0) is 104 Å². The van der Waals surface area contributed by atoms with Gasteiger partial charge in [0.15, 0.2) is 0 Å². The highest BCUT2D eigenvalue weighted by atomic mass is 16.5. The topological polar surface area (TPSA) is 26.3 Å². The summed E-state index contributed by atoms with van der Waals surface area (Å²) in [6.07, 6.45) is 14.0. The van der Waals surface area contributed by atoms with E-state index < -0.39 is 0 Å². The number of hydrogen-bond donors (Lipinski definition) is 0. The van der Waals surface area contributed by atoms with Crippen molar-refractivity contribution in [3.05, 3.63) is 23.8 Å². The number of carbonyl (C=O) groups is 1. The number of allylic oxidation sites excluding steroid dienone is 2. The molecular weight excluding hydrogens is 428 g/mol. The van der Waals surface area contributed by atoms with Crippen LogP contribution in [0.4, 0.5) is 0 Å². The fourth-order valence-corrected chi connectivity index (χ4v) is 10.0. The summed E-state index contributed by atoms with van der Waals surface area (Å²) in [5.74, 6) is 3.61. The number of fused-ring (bicyclic) bond motifs is 5. The summed E-state index contributed by atoms with van der Waals surface area (Å²) in [4.78, 5) is 11.8. The summed E-state index contributed by atoms with van der Waals surface area (Å²) >= 11 is 0. The maximum atomic E-state index is 11.8. The molecule has 0 unspecified atom stereocenters. The highest BCUT2D eigenvalue weighted by Crippen LogP contribution is 2.73. The molecule has 3 saturated carbocycles.